The summed E-state index contributed by atoms with van der Waals surface area (Å²) in [5.74, 6) is 0.0572. The number of hydrogen-bond donors (Lipinski definition) is 1. The normalized spacial score (nSPS) is 21.2. The van der Waals surface area contributed by atoms with Crippen LogP contribution in [-0.4, -0.2) is 73.1 Å². The molecule has 166 valence electrons. The Kier molecular flexibility index (Phi) is 6.74. The van der Waals surface area contributed by atoms with E-state index in [1.807, 2.05) is 49.2 Å². The molecule has 31 heavy (non-hydrogen) atoms. The van der Waals surface area contributed by atoms with Crippen molar-refractivity contribution in [3.63, 3.8) is 0 Å². The van der Waals surface area contributed by atoms with Crippen LogP contribution in [0.1, 0.15) is 33.0 Å². The first kappa shape index (κ1) is 22.0. The van der Waals surface area contributed by atoms with E-state index in [0.717, 1.165) is 35.6 Å². The minimum atomic E-state index is -0.475. The van der Waals surface area contributed by atoms with Gasteiger partial charge in [-0.3, -0.25) is 9.59 Å². The van der Waals surface area contributed by atoms with Crippen molar-refractivity contribution < 1.29 is 14.3 Å². The van der Waals surface area contributed by atoms with Crippen LogP contribution in [0.4, 0.5) is 0 Å². The molecule has 2 fully saturated rings. The highest BCUT2D eigenvalue weighted by atomic mass is 32.1. The summed E-state index contributed by atoms with van der Waals surface area (Å²) < 4.78 is 6.40. The van der Waals surface area contributed by atoms with E-state index in [9.17, 15) is 9.59 Å². The third-order valence-electron chi connectivity index (χ3n) is 6.19. The Labute approximate surface area is 188 Å². The van der Waals surface area contributed by atoms with Crippen molar-refractivity contribution in [2.24, 2.45) is 0 Å². The molecule has 0 bridgehead atoms. The van der Waals surface area contributed by atoms with E-state index in [-0.39, 0.29) is 17.4 Å². The second-order valence-corrected chi connectivity index (χ2v) is 10.0. The zero-order valence-corrected chi connectivity index (χ0v) is 19.1. The Hall–Kier alpha value is -2.22. The molecule has 1 atom stereocenters. The SMILES string of the molecule is Cc1ccc(C(=O)N2CCC3(CC2)CN(C)C[C@H](C(=O)NCCc2ccccc2)O3)s1. The van der Waals surface area contributed by atoms with Crippen LogP contribution in [0.3, 0.4) is 0 Å². The molecule has 2 saturated heterocycles. The van der Waals surface area contributed by atoms with Gasteiger partial charge in [-0.25, -0.2) is 0 Å². The molecule has 6 nitrogen and oxygen atoms in total. The lowest BCUT2D eigenvalue weighted by Gasteiger charge is -2.48. The molecule has 2 aliphatic rings. The van der Waals surface area contributed by atoms with E-state index >= 15 is 0 Å². The molecule has 2 aliphatic heterocycles. The summed E-state index contributed by atoms with van der Waals surface area (Å²) in [7, 11) is 2.04. The Morgan fingerprint density at radius 2 is 1.90 bits per heavy atom. The maximum atomic E-state index is 12.8. The maximum absolute atomic E-state index is 12.8. The van der Waals surface area contributed by atoms with E-state index in [1.165, 1.54) is 5.56 Å². The third kappa shape index (κ3) is 5.34. The number of aryl methyl sites for hydroxylation is 1. The number of morpholine rings is 1. The zero-order valence-electron chi connectivity index (χ0n) is 18.3. The Morgan fingerprint density at radius 1 is 1.16 bits per heavy atom. The molecule has 1 spiro atoms. The van der Waals surface area contributed by atoms with E-state index < -0.39 is 6.10 Å². The molecule has 7 heteroatoms. The van der Waals surface area contributed by atoms with Crippen LogP contribution in [0, 0.1) is 6.92 Å². The molecule has 4 rings (SSSR count). The average Bonchev–Trinajstić information content (AvgIpc) is 3.20. The third-order valence-corrected chi connectivity index (χ3v) is 7.18. The number of rotatable bonds is 5. The summed E-state index contributed by atoms with van der Waals surface area (Å²) >= 11 is 1.54. The number of carbonyl (C=O) groups is 2. The van der Waals surface area contributed by atoms with Gasteiger partial charge in [-0.1, -0.05) is 30.3 Å². The van der Waals surface area contributed by atoms with Gasteiger partial charge in [0.25, 0.3) is 11.8 Å². The van der Waals surface area contributed by atoms with E-state index in [2.05, 4.69) is 22.3 Å². The topological polar surface area (TPSA) is 61.9 Å². The van der Waals surface area contributed by atoms with E-state index in [4.69, 9.17) is 4.74 Å². The van der Waals surface area contributed by atoms with E-state index in [0.29, 0.717) is 26.2 Å². The van der Waals surface area contributed by atoms with Crippen LogP contribution in [-0.2, 0) is 16.0 Å². The number of likely N-dealkylation sites (tertiary alicyclic amines) is 1. The van der Waals surface area contributed by atoms with Crippen molar-refractivity contribution in [2.75, 3.05) is 39.8 Å². The minimum Gasteiger partial charge on any atom is -0.359 e. The van der Waals surface area contributed by atoms with Crippen LogP contribution < -0.4 is 5.32 Å². The van der Waals surface area contributed by atoms with Crippen LogP contribution >= 0.6 is 11.3 Å². The lowest BCUT2D eigenvalue weighted by molar-refractivity contribution is -0.180. The van der Waals surface area contributed by atoms with Gasteiger partial charge in [0.05, 0.1) is 10.5 Å². The number of piperidine rings is 1. The summed E-state index contributed by atoms with van der Waals surface area (Å²) in [5, 5.41) is 3.04. The minimum absolute atomic E-state index is 0.0468. The monoisotopic (exact) mass is 441 g/mol. The highest BCUT2D eigenvalue weighted by Gasteiger charge is 2.44. The first-order valence-electron chi connectivity index (χ1n) is 11.0. The Morgan fingerprint density at radius 3 is 2.58 bits per heavy atom. The molecular formula is C24H31N3O3S. The fourth-order valence-corrected chi connectivity index (χ4v) is 5.37. The van der Waals surface area contributed by atoms with Gasteiger partial charge in [-0.15, -0.1) is 11.3 Å². The predicted molar refractivity (Wildman–Crippen MR) is 122 cm³/mol. The zero-order chi connectivity index (χ0) is 21.8. The first-order chi connectivity index (χ1) is 14.9. The molecule has 1 aromatic carbocycles. The highest BCUT2D eigenvalue weighted by Crippen LogP contribution is 2.33. The van der Waals surface area contributed by atoms with Gasteiger partial charge in [0.15, 0.2) is 0 Å². The molecule has 3 heterocycles. The number of carbonyl (C=O) groups excluding carboxylic acids is 2. The van der Waals surface area contributed by atoms with Crippen LogP contribution in [0.25, 0.3) is 0 Å². The number of nitrogens with one attached hydrogen (secondary N) is 1. The fourth-order valence-electron chi connectivity index (χ4n) is 4.54. The van der Waals surface area contributed by atoms with Crippen molar-refractivity contribution in [3.8, 4) is 0 Å². The molecule has 0 radical (unpaired) electrons. The van der Waals surface area contributed by atoms with Gasteiger partial charge in [0.1, 0.15) is 6.10 Å². The van der Waals surface area contributed by atoms with Crippen LogP contribution in [0.2, 0.25) is 0 Å². The summed E-state index contributed by atoms with van der Waals surface area (Å²) in [6, 6.07) is 14.1. The number of benzene rings is 1. The maximum Gasteiger partial charge on any atom is 0.263 e. The molecule has 0 saturated carbocycles. The van der Waals surface area contributed by atoms with Crippen LogP contribution in [0.15, 0.2) is 42.5 Å². The molecule has 1 aromatic heterocycles. The number of ether oxygens (including phenoxy) is 1. The first-order valence-corrected chi connectivity index (χ1v) is 11.8. The molecule has 0 aliphatic carbocycles. The van der Waals surface area contributed by atoms with Crippen molar-refractivity contribution in [1.29, 1.82) is 0 Å². The number of thiophene rings is 1. The van der Waals surface area contributed by atoms with Gasteiger partial charge >= 0.3 is 0 Å². The standard InChI is InChI=1S/C24H31N3O3S/c1-18-8-9-21(31-18)23(29)27-14-11-24(12-15-27)17-26(2)16-20(30-24)22(28)25-13-10-19-6-4-3-5-7-19/h3-9,20H,10-17H2,1-2H3,(H,25,28)/t20-/m1/s1. The second-order valence-electron chi connectivity index (χ2n) is 8.72. The smallest absolute Gasteiger partial charge is 0.263 e. The predicted octanol–water partition coefficient (Wildman–Crippen LogP) is 2.72. The summed E-state index contributed by atoms with van der Waals surface area (Å²) in [5.41, 5.74) is 0.843. The molecular weight excluding hydrogens is 410 g/mol. The Balaban J connectivity index is 1.31. The number of hydrogen-bond acceptors (Lipinski definition) is 5. The largest absolute Gasteiger partial charge is 0.359 e. The van der Waals surface area contributed by atoms with Crippen LogP contribution in [0.5, 0.6) is 0 Å². The second kappa shape index (κ2) is 9.51. The molecule has 1 N–H and O–H groups in total. The highest BCUT2D eigenvalue weighted by molar-refractivity contribution is 7.13. The van der Waals surface area contributed by atoms with E-state index in [1.54, 1.807) is 11.3 Å². The van der Waals surface area contributed by atoms with Gasteiger partial charge < -0.3 is 19.9 Å². The quantitative estimate of drug-likeness (QED) is 0.775. The van der Waals surface area contributed by atoms with Crippen molar-refractivity contribution in [2.45, 2.75) is 37.9 Å². The average molecular weight is 442 g/mol. The summed E-state index contributed by atoms with van der Waals surface area (Å²) in [6.07, 6.45) is 1.83. The van der Waals surface area contributed by atoms with Crippen molar-refractivity contribution in [3.05, 3.63) is 57.8 Å². The van der Waals surface area contributed by atoms with Gasteiger partial charge in [-0.05, 0) is 50.9 Å². The Bertz CT molecular complexity index is 906. The van der Waals surface area contributed by atoms with Gasteiger partial charge in [-0.2, -0.15) is 0 Å². The van der Waals surface area contributed by atoms with Gasteiger partial charge in [0, 0.05) is 37.6 Å². The fraction of sp³-hybridized carbons (Fsp3) is 0.500. The van der Waals surface area contributed by atoms with Crippen molar-refractivity contribution >= 4 is 23.2 Å². The summed E-state index contributed by atoms with van der Waals surface area (Å²) in [6.45, 7) is 5.32. The number of amides is 2. The molecule has 2 amide bonds. The van der Waals surface area contributed by atoms with Gasteiger partial charge in [0.2, 0.25) is 0 Å². The number of likely N-dealkylation sites (N-methyl/N-ethyl adjacent to an activating group) is 1. The lowest BCUT2D eigenvalue weighted by Crippen LogP contribution is -2.61. The lowest BCUT2D eigenvalue weighted by atomic mass is 9.88. The number of nitrogens with zero attached hydrogens (tertiary/aromatic N) is 2. The summed E-state index contributed by atoms with van der Waals surface area (Å²) in [4.78, 5) is 31.6. The van der Waals surface area contributed by atoms with Crippen molar-refractivity contribution in [1.82, 2.24) is 15.1 Å². The molecule has 2 aromatic rings. The molecule has 0 unspecified atom stereocenters.